The van der Waals surface area contributed by atoms with Crippen molar-refractivity contribution < 1.29 is 0 Å². The third-order valence-electron chi connectivity index (χ3n) is 7.01. The Hall–Kier alpha value is -4.76. The molecule has 37 heavy (non-hydrogen) atoms. The minimum absolute atomic E-state index is 0.726. The minimum atomic E-state index is -0.726. The lowest BCUT2D eigenvalue weighted by Gasteiger charge is -2.37. The van der Waals surface area contributed by atoms with Crippen LogP contribution in [0.25, 0.3) is 22.4 Å². The summed E-state index contributed by atoms with van der Waals surface area (Å²) >= 11 is 0. The van der Waals surface area contributed by atoms with Crippen LogP contribution in [0.3, 0.4) is 0 Å². The molecule has 1 aromatic heterocycles. The average molecular weight is 478 g/mol. The van der Waals surface area contributed by atoms with E-state index in [0.29, 0.717) is 0 Å². The van der Waals surface area contributed by atoms with Crippen LogP contribution in [0.1, 0.15) is 22.3 Å². The fraction of sp³-hybridized carbons (Fsp3) is 0.0588. The summed E-state index contributed by atoms with van der Waals surface area (Å²) in [7, 11) is 0. The number of aromatic nitrogens is 3. The molecule has 0 atom stereocenters. The third kappa shape index (κ3) is 3.95. The highest BCUT2D eigenvalue weighted by molar-refractivity contribution is 5.82. The highest BCUT2D eigenvalue weighted by Crippen LogP contribution is 2.43. The van der Waals surface area contributed by atoms with Crippen molar-refractivity contribution in [2.24, 2.45) is 0 Å². The van der Waals surface area contributed by atoms with E-state index in [1.165, 1.54) is 11.1 Å². The van der Waals surface area contributed by atoms with Gasteiger partial charge < -0.3 is 0 Å². The number of benzene rings is 5. The molecule has 0 saturated heterocycles. The van der Waals surface area contributed by atoms with E-state index in [1.54, 1.807) is 0 Å². The van der Waals surface area contributed by atoms with Crippen molar-refractivity contribution in [2.45, 2.75) is 12.5 Å². The SMILES string of the molecule is Cc1ccc(-c2ccccc2-c2cnnn2C(c2ccccc2)(c2ccccc2)c2ccccc2)cc1. The predicted octanol–water partition coefficient (Wildman–Crippen LogP) is 7.76. The van der Waals surface area contributed by atoms with E-state index in [1.807, 2.05) is 6.20 Å². The first kappa shape index (κ1) is 22.7. The van der Waals surface area contributed by atoms with Crippen LogP contribution in [0.2, 0.25) is 0 Å². The van der Waals surface area contributed by atoms with Gasteiger partial charge in [-0.1, -0.05) is 150 Å². The maximum absolute atomic E-state index is 4.81. The van der Waals surface area contributed by atoms with Gasteiger partial charge in [-0.15, -0.1) is 5.10 Å². The highest BCUT2D eigenvalue weighted by atomic mass is 15.5. The van der Waals surface area contributed by atoms with Crippen LogP contribution in [0.5, 0.6) is 0 Å². The molecule has 0 amide bonds. The van der Waals surface area contributed by atoms with Crippen LogP contribution >= 0.6 is 0 Å². The monoisotopic (exact) mass is 477 g/mol. The maximum Gasteiger partial charge on any atom is 0.140 e. The second kappa shape index (κ2) is 9.71. The molecule has 0 aliphatic carbocycles. The summed E-state index contributed by atoms with van der Waals surface area (Å²) in [4.78, 5) is 0. The fourth-order valence-corrected chi connectivity index (χ4v) is 5.26. The molecule has 6 rings (SSSR count). The molecule has 0 fully saturated rings. The zero-order chi connectivity index (χ0) is 25.1. The Kier molecular flexibility index (Phi) is 5.95. The lowest BCUT2D eigenvalue weighted by Crippen LogP contribution is -2.39. The van der Waals surface area contributed by atoms with Gasteiger partial charge >= 0.3 is 0 Å². The van der Waals surface area contributed by atoms with Gasteiger partial charge in [0, 0.05) is 5.56 Å². The quantitative estimate of drug-likeness (QED) is 0.230. The number of nitrogens with zero attached hydrogens (tertiary/aromatic N) is 3. The summed E-state index contributed by atoms with van der Waals surface area (Å²) in [6.07, 6.45) is 1.89. The predicted molar refractivity (Wildman–Crippen MR) is 150 cm³/mol. The van der Waals surface area contributed by atoms with E-state index in [4.69, 9.17) is 5.21 Å². The highest BCUT2D eigenvalue weighted by Gasteiger charge is 2.41. The molecule has 178 valence electrons. The van der Waals surface area contributed by atoms with Gasteiger partial charge in [0.15, 0.2) is 0 Å². The summed E-state index contributed by atoms with van der Waals surface area (Å²) in [5.74, 6) is 0. The Balaban J connectivity index is 1.69. The molecule has 0 aliphatic rings. The lowest BCUT2D eigenvalue weighted by atomic mass is 9.76. The third-order valence-corrected chi connectivity index (χ3v) is 7.01. The van der Waals surface area contributed by atoms with Crippen molar-refractivity contribution in [3.8, 4) is 22.4 Å². The van der Waals surface area contributed by atoms with Gasteiger partial charge in [0.25, 0.3) is 0 Å². The second-order valence-corrected chi connectivity index (χ2v) is 9.25. The summed E-state index contributed by atoms with van der Waals surface area (Å²) in [6, 6.07) is 49.0. The van der Waals surface area contributed by atoms with Crippen molar-refractivity contribution in [3.05, 3.63) is 168 Å². The minimum Gasteiger partial charge on any atom is -0.225 e. The van der Waals surface area contributed by atoms with Crippen molar-refractivity contribution in [1.82, 2.24) is 15.0 Å². The van der Waals surface area contributed by atoms with Crippen LogP contribution in [0.15, 0.2) is 146 Å². The Bertz CT molecular complexity index is 1510. The number of hydrogen-bond donors (Lipinski definition) is 0. The smallest absolute Gasteiger partial charge is 0.140 e. The van der Waals surface area contributed by atoms with E-state index >= 15 is 0 Å². The number of rotatable bonds is 6. The molecular formula is C34H27N3. The summed E-state index contributed by atoms with van der Waals surface area (Å²) in [5, 5.41) is 9.31. The van der Waals surface area contributed by atoms with Gasteiger partial charge in [-0.3, -0.25) is 0 Å². The van der Waals surface area contributed by atoms with E-state index in [2.05, 4.69) is 156 Å². The lowest BCUT2D eigenvalue weighted by molar-refractivity contribution is 0.451. The first-order chi connectivity index (χ1) is 18.3. The van der Waals surface area contributed by atoms with Crippen molar-refractivity contribution >= 4 is 0 Å². The molecule has 0 radical (unpaired) electrons. The molecule has 1 heterocycles. The molecule has 0 aliphatic heterocycles. The molecule has 6 aromatic rings. The second-order valence-electron chi connectivity index (χ2n) is 9.25. The zero-order valence-corrected chi connectivity index (χ0v) is 20.7. The zero-order valence-electron chi connectivity index (χ0n) is 20.7. The van der Waals surface area contributed by atoms with Crippen LogP contribution in [0, 0.1) is 6.92 Å². The fourth-order valence-electron chi connectivity index (χ4n) is 5.26. The molecule has 5 aromatic carbocycles. The molecular weight excluding hydrogens is 450 g/mol. The molecule has 3 heteroatoms. The van der Waals surface area contributed by atoms with Gasteiger partial charge in [0.05, 0.1) is 11.9 Å². The Labute approximate surface area is 217 Å². The van der Waals surface area contributed by atoms with E-state index in [-0.39, 0.29) is 0 Å². The number of aryl methyl sites for hydroxylation is 1. The van der Waals surface area contributed by atoms with Gasteiger partial charge in [0.2, 0.25) is 0 Å². The van der Waals surface area contributed by atoms with Crippen LogP contribution in [-0.4, -0.2) is 15.0 Å². The van der Waals surface area contributed by atoms with Crippen LogP contribution in [0.4, 0.5) is 0 Å². The topological polar surface area (TPSA) is 30.7 Å². The Morgan fingerprint density at radius 1 is 0.514 bits per heavy atom. The van der Waals surface area contributed by atoms with Gasteiger partial charge in [-0.05, 0) is 34.7 Å². The van der Waals surface area contributed by atoms with Crippen LogP contribution in [-0.2, 0) is 5.54 Å². The number of hydrogen-bond acceptors (Lipinski definition) is 2. The first-order valence-corrected chi connectivity index (χ1v) is 12.5. The van der Waals surface area contributed by atoms with Crippen LogP contribution < -0.4 is 0 Å². The van der Waals surface area contributed by atoms with E-state index in [9.17, 15) is 0 Å². The van der Waals surface area contributed by atoms with Gasteiger partial charge in [0.1, 0.15) is 5.54 Å². The van der Waals surface area contributed by atoms with Gasteiger partial charge in [-0.2, -0.15) is 0 Å². The first-order valence-electron chi connectivity index (χ1n) is 12.5. The van der Waals surface area contributed by atoms with Crippen molar-refractivity contribution in [1.29, 1.82) is 0 Å². The van der Waals surface area contributed by atoms with Crippen molar-refractivity contribution in [3.63, 3.8) is 0 Å². The van der Waals surface area contributed by atoms with E-state index < -0.39 is 5.54 Å². The van der Waals surface area contributed by atoms with Crippen molar-refractivity contribution in [2.75, 3.05) is 0 Å². The molecule has 0 bridgehead atoms. The molecule has 3 nitrogen and oxygen atoms in total. The summed E-state index contributed by atoms with van der Waals surface area (Å²) in [6.45, 7) is 2.11. The molecule has 0 spiro atoms. The summed E-state index contributed by atoms with van der Waals surface area (Å²) < 4.78 is 2.10. The largest absolute Gasteiger partial charge is 0.225 e. The summed E-state index contributed by atoms with van der Waals surface area (Å²) in [5.41, 5.74) is 8.22. The molecule has 0 saturated carbocycles. The molecule has 0 unspecified atom stereocenters. The Morgan fingerprint density at radius 3 is 1.49 bits per heavy atom. The molecule has 0 N–H and O–H groups in total. The Morgan fingerprint density at radius 2 is 0.973 bits per heavy atom. The normalized spacial score (nSPS) is 11.4. The average Bonchev–Trinajstić information content (AvgIpc) is 3.46. The van der Waals surface area contributed by atoms with E-state index in [0.717, 1.165) is 33.5 Å². The maximum atomic E-state index is 4.81. The standard InChI is InChI=1S/C34H27N3/c1-26-21-23-27(24-22-26)31-19-11-12-20-32(31)33-25-35-36-37(33)34(28-13-5-2-6-14-28,29-15-7-3-8-16-29)30-17-9-4-10-18-30/h2-25H,1H3. The van der Waals surface area contributed by atoms with Gasteiger partial charge in [-0.25, -0.2) is 4.68 Å².